The van der Waals surface area contributed by atoms with Crippen molar-refractivity contribution in [1.29, 1.82) is 0 Å². The molecule has 0 bridgehead atoms. The predicted octanol–water partition coefficient (Wildman–Crippen LogP) is 3.30. The summed E-state index contributed by atoms with van der Waals surface area (Å²) in [6.07, 6.45) is 2.57. The van der Waals surface area contributed by atoms with Gasteiger partial charge in [0.1, 0.15) is 0 Å². The highest BCUT2D eigenvalue weighted by molar-refractivity contribution is 5.25. The second-order valence-electron chi connectivity index (χ2n) is 5.71. The fourth-order valence-electron chi connectivity index (χ4n) is 3.12. The maximum atomic E-state index is 2.67. The third kappa shape index (κ3) is 3.80. The van der Waals surface area contributed by atoms with E-state index < -0.39 is 0 Å². The van der Waals surface area contributed by atoms with Crippen molar-refractivity contribution in [3.63, 3.8) is 0 Å². The topological polar surface area (TPSA) is 6.48 Å². The Labute approximate surface area is 118 Å². The van der Waals surface area contributed by atoms with E-state index in [1.165, 1.54) is 50.1 Å². The molecule has 1 aromatic carbocycles. The van der Waals surface area contributed by atoms with Gasteiger partial charge in [-0.1, -0.05) is 38.1 Å². The zero-order valence-corrected chi connectivity index (χ0v) is 12.7. The van der Waals surface area contributed by atoms with Crippen LogP contribution in [0.25, 0.3) is 0 Å². The Morgan fingerprint density at radius 1 is 1.00 bits per heavy atom. The van der Waals surface area contributed by atoms with Gasteiger partial charge in [-0.15, -0.1) is 0 Å². The first-order valence-electron chi connectivity index (χ1n) is 7.75. The normalized spacial score (nSPS) is 18.1. The van der Waals surface area contributed by atoms with E-state index in [4.69, 9.17) is 0 Å². The van der Waals surface area contributed by atoms with E-state index in [1.807, 2.05) is 0 Å². The van der Waals surface area contributed by atoms with Crippen molar-refractivity contribution >= 4 is 0 Å². The summed E-state index contributed by atoms with van der Waals surface area (Å²) in [6, 6.07) is 9.56. The van der Waals surface area contributed by atoms with E-state index in [1.54, 1.807) is 0 Å². The number of rotatable bonds is 5. The van der Waals surface area contributed by atoms with Crippen LogP contribution in [0, 0.1) is 6.92 Å². The summed E-state index contributed by atoms with van der Waals surface area (Å²) in [7, 11) is 0. The summed E-state index contributed by atoms with van der Waals surface area (Å²) in [5, 5.41) is 0. The lowest BCUT2D eigenvalue weighted by Crippen LogP contribution is -2.49. The Morgan fingerprint density at radius 3 is 2.21 bits per heavy atom. The molecule has 19 heavy (non-hydrogen) atoms. The second-order valence-corrected chi connectivity index (χ2v) is 5.71. The van der Waals surface area contributed by atoms with Crippen LogP contribution in [0.5, 0.6) is 0 Å². The second kappa shape index (κ2) is 7.06. The number of benzene rings is 1. The summed E-state index contributed by atoms with van der Waals surface area (Å²) >= 11 is 0. The Kier molecular flexibility index (Phi) is 5.41. The van der Waals surface area contributed by atoms with Gasteiger partial charge in [-0.25, -0.2) is 0 Å². The van der Waals surface area contributed by atoms with Crippen LogP contribution >= 0.6 is 0 Å². The minimum Gasteiger partial charge on any atom is -0.298 e. The molecule has 0 unspecified atom stereocenters. The first-order valence-corrected chi connectivity index (χ1v) is 7.75. The Bertz CT molecular complexity index is 377. The van der Waals surface area contributed by atoms with E-state index >= 15 is 0 Å². The van der Waals surface area contributed by atoms with Crippen molar-refractivity contribution in [3.8, 4) is 0 Å². The molecule has 1 aromatic rings. The molecule has 0 aromatic heterocycles. The predicted molar refractivity (Wildman–Crippen MR) is 82.4 cm³/mol. The van der Waals surface area contributed by atoms with Crippen molar-refractivity contribution in [2.45, 2.75) is 46.2 Å². The quantitative estimate of drug-likeness (QED) is 0.801. The molecule has 1 heterocycles. The van der Waals surface area contributed by atoms with Crippen LogP contribution in [0.15, 0.2) is 24.3 Å². The van der Waals surface area contributed by atoms with Gasteiger partial charge in [0, 0.05) is 38.8 Å². The van der Waals surface area contributed by atoms with Crippen molar-refractivity contribution < 1.29 is 0 Å². The van der Waals surface area contributed by atoms with Crippen LogP contribution in [0.1, 0.15) is 37.8 Å². The molecule has 1 fully saturated rings. The molecule has 106 valence electrons. The molecule has 1 aliphatic rings. The minimum absolute atomic E-state index is 0.792. The summed E-state index contributed by atoms with van der Waals surface area (Å²) in [4.78, 5) is 5.27. The third-order valence-electron chi connectivity index (χ3n) is 4.52. The van der Waals surface area contributed by atoms with Crippen LogP contribution in [-0.4, -0.2) is 42.0 Å². The van der Waals surface area contributed by atoms with Crippen LogP contribution in [-0.2, 0) is 6.54 Å². The van der Waals surface area contributed by atoms with E-state index in [-0.39, 0.29) is 0 Å². The van der Waals surface area contributed by atoms with Crippen LogP contribution in [0.4, 0.5) is 0 Å². The van der Waals surface area contributed by atoms with Crippen molar-refractivity contribution in [3.05, 3.63) is 35.4 Å². The van der Waals surface area contributed by atoms with Crippen molar-refractivity contribution in [1.82, 2.24) is 9.80 Å². The summed E-state index contributed by atoms with van der Waals surface area (Å²) in [5.74, 6) is 0. The van der Waals surface area contributed by atoms with Gasteiger partial charge in [-0.05, 0) is 30.9 Å². The molecule has 0 amide bonds. The number of piperazine rings is 1. The number of nitrogens with zero attached hydrogens (tertiary/aromatic N) is 2. The zero-order valence-electron chi connectivity index (χ0n) is 12.7. The molecule has 0 spiro atoms. The molecule has 0 saturated carbocycles. The lowest BCUT2D eigenvalue weighted by Gasteiger charge is -2.39. The van der Waals surface area contributed by atoms with Gasteiger partial charge in [0.25, 0.3) is 0 Å². The van der Waals surface area contributed by atoms with E-state index in [2.05, 4.69) is 54.8 Å². The Hall–Kier alpha value is -0.860. The summed E-state index contributed by atoms with van der Waals surface area (Å²) in [6.45, 7) is 12.9. The molecule has 0 N–H and O–H groups in total. The zero-order chi connectivity index (χ0) is 13.7. The minimum atomic E-state index is 0.792. The van der Waals surface area contributed by atoms with E-state index in [0.717, 1.165) is 12.6 Å². The first-order chi connectivity index (χ1) is 9.24. The smallest absolute Gasteiger partial charge is 0.0237 e. The lowest BCUT2D eigenvalue weighted by molar-refractivity contribution is 0.0880. The maximum Gasteiger partial charge on any atom is 0.0237 e. The van der Waals surface area contributed by atoms with Gasteiger partial charge < -0.3 is 0 Å². The van der Waals surface area contributed by atoms with Gasteiger partial charge in [0.05, 0.1) is 0 Å². The van der Waals surface area contributed by atoms with Crippen LogP contribution in [0.3, 0.4) is 0 Å². The molecule has 2 nitrogen and oxygen atoms in total. The standard InChI is InChI=1S/C17H28N2/c1-4-17(5-2)19-12-10-18(11-13-19)14-16-9-7-6-8-15(16)3/h6-9,17H,4-5,10-14H2,1-3H3. The van der Waals surface area contributed by atoms with Gasteiger partial charge in [0.15, 0.2) is 0 Å². The molecular weight excluding hydrogens is 232 g/mol. The van der Waals surface area contributed by atoms with Gasteiger partial charge in [0.2, 0.25) is 0 Å². The third-order valence-corrected chi connectivity index (χ3v) is 4.52. The summed E-state index contributed by atoms with van der Waals surface area (Å²) < 4.78 is 0. The Balaban J connectivity index is 1.85. The maximum absolute atomic E-state index is 2.67. The SMILES string of the molecule is CCC(CC)N1CCN(Cc2ccccc2C)CC1. The molecule has 0 radical (unpaired) electrons. The largest absolute Gasteiger partial charge is 0.298 e. The number of hydrogen-bond acceptors (Lipinski definition) is 2. The molecule has 2 rings (SSSR count). The fraction of sp³-hybridized carbons (Fsp3) is 0.647. The van der Waals surface area contributed by atoms with Crippen LogP contribution in [0.2, 0.25) is 0 Å². The highest BCUT2D eigenvalue weighted by Crippen LogP contribution is 2.15. The van der Waals surface area contributed by atoms with Crippen molar-refractivity contribution in [2.24, 2.45) is 0 Å². The lowest BCUT2D eigenvalue weighted by atomic mass is 10.1. The first kappa shape index (κ1) is 14.5. The average molecular weight is 260 g/mol. The average Bonchev–Trinajstić information content (AvgIpc) is 2.44. The highest BCUT2D eigenvalue weighted by Gasteiger charge is 2.21. The van der Waals surface area contributed by atoms with Gasteiger partial charge in [-0.3, -0.25) is 9.80 Å². The highest BCUT2D eigenvalue weighted by atomic mass is 15.3. The van der Waals surface area contributed by atoms with Gasteiger partial charge >= 0.3 is 0 Å². The van der Waals surface area contributed by atoms with Crippen molar-refractivity contribution in [2.75, 3.05) is 26.2 Å². The monoisotopic (exact) mass is 260 g/mol. The molecule has 1 saturated heterocycles. The number of hydrogen-bond donors (Lipinski definition) is 0. The van der Waals surface area contributed by atoms with E-state index in [0.29, 0.717) is 0 Å². The Morgan fingerprint density at radius 2 is 1.63 bits per heavy atom. The fourth-order valence-corrected chi connectivity index (χ4v) is 3.12. The molecule has 2 heteroatoms. The molecule has 0 atom stereocenters. The number of aryl methyl sites for hydroxylation is 1. The summed E-state index contributed by atoms with van der Waals surface area (Å²) in [5.41, 5.74) is 2.91. The molecule has 1 aliphatic heterocycles. The molecular formula is C17H28N2. The van der Waals surface area contributed by atoms with Crippen LogP contribution < -0.4 is 0 Å². The molecule has 0 aliphatic carbocycles. The van der Waals surface area contributed by atoms with E-state index in [9.17, 15) is 0 Å². The van der Waals surface area contributed by atoms with Gasteiger partial charge in [-0.2, -0.15) is 0 Å².